The van der Waals surface area contributed by atoms with Gasteiger partial charge in [-0.2, -0.15) is 0 Å². The lowest BCUT2D eigenvalue weighted by molar-refractivity contribution is -0.118. The Morgan fingerprint density at radius 1 is 1.43 bits per heavy atom. The van der Waals surface area contributed by atoms with E-state index < -0.39 is 0 Å². The lowest BCUT2D eigenvalue weighted by atomic mass is 9.99. The van der Waals surface area contributed by atoms with Gasteiger partial charge in [0.15, 0.2) is 0 Å². The van der Waals surface area contributed by atoms with E-state index in [1.54, 1.807) is 7.11 Å². The van der Waals surface area contributed by atoms with Crippen molar-refractivity contribution in [3.8, 4) is 0 Å². The van der Waals surface area contributed by atoms with E-state index in [9.17, 15) is 4.79 Å². The molecule has 0 aliphatic carbocycles. The van der Waals surface area contributed by atoms with E-state index in [2.05, 4.69) is 10.2 Å². The summed E-state index contributed by atoms with van der Waals surface area (Å²) >= 11 is 0. The zero-order chi connectivity index (χ0) is 16.1. The Bertz CT molecular complexity index is 525. The molecular weight excluding hydrogens is 314 g/mol. The van der Waals surface area contributed by atoms with Gasteiger partial charge in [-0.05, 0) is 43.9 Å². The summed E-state index contributed by atoms with van der Waals surface area (Å²) in [7, 11) is 1.74. The Morgan fingerprint density at radius 2 is 2.17 bits per heavy atom. The zero-order valence-corrected chi connectivity index (χ0v) is 15.0. The van der Waals surface area contributed by atoms with Crippen molar-refractivity contribution in [1.29, 1.82) is 0 Å². The van der Waals surface area contributed by atoms with Gasteiger partial charge in [-0.1, -0.05) is 12.1 Å². The summed E-state index contributed by atoms with van der Waals surface area (Å²) in [5.41, 5.74) is 9.04. The van der Waals surface area contributed by atoms with Crippen LogP contribution in [0.3, 0.4) is 0 Å². The number of likely N-dealkylation sites (tertiary alicyclic amines) is 1. The highest BCUT2D eigenvalue weighted by Crippen LogP contribution is 2.20. The van der Waals surface area contributed by atoms with Gasteiger partial charge in [0, 0.05) is 31.9 Å². The minimum Gasteiger partial charge on any atom is -0.381 e. The van der Waals surface area contributed by atoms with E-state index in [-0.39, 0.29) is 30.5 Å². The first-order valence-corrected chi connectivity index (χ1v) is 7.88. The molecule has 130 valence electrons. The number of amides is 1. The lowest BCUT2D eigenvalue weighted by Gasteiger charge is -2.37. The number of ether oxygens (including phenoxy) is 1. The predicted molar refractivity (Wildman–Crippen MR) is 96.2 cm³/mol. The van der Waals surface area contributed by atoms with Gasteiger partial charge in [-0.15, -0.1) is 12.4 Å². The molecule has 2 atom stereocenters. The number of hydrogen-bond acceptors (Lipinski definition) is 4. The molecule has 0 saturated carbocycles. The molecule has 0 radical (unpaired) electrons. The van der Waals surface area contributed by atoms with Crippen LogP contribution in [0.1, 0.15) is 24.0 Å². The number of methoxy groups -OCH3 is 1. The average molecular weight is 342 g/mol. The molecule has 1 amide bonds. The molecular formula is C17H28ClN3O2. The summed E-state index contributed by atoms with van der Waals surface area (Å²) in [5, 5.41) is 3.02. The number of hydrogen-bond donors (Lipinski definition) is 2. The highest BCUT2D eigenvalue weighted by atomic mass is 35.5. The van der Waals surface area contributed by atoms with E-state index in [1.807, 2.05) is 32.0 Å². The normalized spacial score (nSPS) is 21.6. The van der Waals surface area contributed by atoms with Crippen LogP contribution in [0.25, 0.3) is 0 Å². The van der Waals surface area contributed by atoms with Crippen LogP contribution in [0.5, 0.6) is 0 Å². The van der Waals surface area contributed by atoms with E-state index in [1.165, 1.54) is 5.56 Å². The SMILES string of the molecule is COC1CCN(CC(=O)Nc2cccc(C)c2C)C(CN)C1.Cl. The van der Waals surface area contributed by atoms with Crippen molar-refractivity contribution in [2.75, 3.05) is 32.1 Å². The maximum atomic E-state index is 12.3. The Morgan fingerprint density at radius 3 is 2.83 bits per heavy atom. The van der Waals surface area contributed by atoms with Crippen molar-refractivity contribution >= 4 is 24.0 Å². The first-order chi connectivity index (χ1) is 10.5. The minimum absolute atomic E-state index is 0. The van der Waals surface area contributed by atoms with Crippen LogP contribution >= 0.6 is 12.4 Å². The van der Waals surface area contributed by atoms with Crippen LogP contribution in [0.2, 0.25) is 0 Å². The van der Waals surface area contributed by atoms with Crippen LogP contribution in [-0.4, -0.2) is 49.7 Å². The molecule has 0 aromatic heterocycles. The van der Waals surface area contributed by atoms with Gasteiger partial charge in [0.2, 0.25) is 5.91 Å². The van der Waals surface area contributed by atoms with Gasteiger partial charge in [0.1, 0.15) is 0 Å². The second-order valence-electron chi connectivity index (χ2n) is 6.04. The molecule has 0 spiro atoms. The molecule has 1 aliphatic heterocycles. The van der Waals surface area contributed by atoms with Crippen molar-refractivity contribution < 1.29 is 9.53 Å². The smallest absolute Gasteiger partial charge is 0.238 e. The molecule has 2 rings (SSSR count). The van der Waals surface area contributed by atoms with Crippen molar-refractivity contribution in [2.45, 2.75) is 38.8 Å². The Labute approximate surface area is 145 Å². The maximum Gasteiger partial charge on any atom is 0.238 e. The second kappa shape index (κ2) is 9.23. The fraction of sp³-hybridized carbons (Fsp3) is 0.588. The molecule has 23 heavy (non-hydrogen) atoms. The summed E-state index contributed by atoms with van der Waals surface area (Å²) in [4.78, 5) is 14.5. The number of piperidine rings is 1. The number of halogens is 1. The Hall–Kier alpha value is -1.14. The number of anilines is 1. The van der Waals surface area contributed by atoms with Crippen LogP contribution in [0.4, 0.5) is 5.69 Å². The molecule has 5 nitrogen and oxygen atoms in total. The van der Waals surface area contributed by atoms with Crippen molar-refractivity contribution in [3.05, 3.63) is 29.3 Å². The summed E-state index contributed by atoms with van der Waals surface area (Å²) < 4.78 is 5.42. The highest BCUT2D eigenvalue weighted by molar-refractivity contribution is 5.93. The fourth-order valence-electron chi connectivity index (χ4n) is 2.99. The standard InChI is InChI=1S/C17H27N3O2.ClH/c1-12-5-4-6-16(13(12)2)19-17(21)11-20-8-7-15(22-3)9-14(20)10-18;/h4-6,14-15H,7-11,18H2,1-3H3,(H,19,21);1H. The number of nitrogens with zero attached hydrogens (tertiary/aromatic N) is 1. The minimum atomic E-state index is 0. The largest absolute Gasteiger partial charge is 0.381 e. The van der Waals surface area contributed by atoms with Crippen LogP contribution in [0, 0.1) is 13.8 Å². The Balaban J connectivity index is 0.00000264. The van der Waals surface area contributed by atoms with Crippen molar-refractivity contribution in [2.24, 2.45) is 5.73 Å². The number of benzene rings is 1. The summed E-state index contributed by atoms with van der Waals surface area (Å²) in [6.07, 6.45) is 2.10. The second-order valence-corrected chi connectivity index (χ2v) is 6.04. The number of nitrogens with one attached hydrogen (secondary N) is 1. The number of nitrogens with two attached hydrogens (primary N) is 1. The molecule has 2 unspecified atom stereocenters. The monoisotopic (exact) mass is 341 g/mol. The number of aryl methyl sites for hydroxylation is 1. The molecule has 1 heterocycles. The van der Waals surface area contributed by atoms with E-state index in [4.69, 9.17) is 10.5 Å². The van der Waals surface area contributed by atoms with Crippen LogP contribution < -0.4 is 11.1 Å². The predicted octanol–water partition coefficient (Wildman–Crippen LogP) is 2.10. The molecule has 0 bridgehead atoms. The summed E-state index contributed by atoms with van der Waals surface area (Å²) in [6.45, 7) is 5.85. The van der Waals surface area contributed by atoms with Crippen molar-refractivity contribution in [3.63, 3.8) is 0 Å². The third-order valence-electron chi connectivity index (χ3n) is 4.62. The molecule has 1 saturated heterocycles. The summed E-state index contributed by atoms with van der Waals surface area (Å²) in [5.74, 6) is 0.0167. The lowest BCUT2D eigenvalue weighted by Crippen LogP contribution is -2.51. The molecule has 1 aliphatic rings. The fourth-order valence-corrected chi connectivity index (χ4v) is 2.99. The molecule has 6 heteroatoms. The van der Waals surface area contributed by atoms with Gasteiger partial charge in [-0.25, -0.2) is 0 Å². The molecule has 3 N–H and O–H groups in total. The number of rotatable bonds is 5. The quantitative estimate of drug-likeness (QED) is 0.860. The van der Waals surface area contributed by atoms with E-state index in [0.717, 1.165) is 30.6 Å². The van der Waals surface area contributed by atoms with Crippen LogP contribution in [0.15, 0.2) is 18.2 Å². The number of carbonyl (C=O) groups excluding carboxylic acids is 1. The van der Waals surface area contributed by atoms with Crippen LogP contribution in [-0.2, 0) is 9.53 Å². The van der Waals surface area contributed by atoms with E-state index in [0.29, 0.717) is 13.1 Å². The van der Waals surface area contributed by atoms with Crippen molar-refractivity contribution in [1.82, 2.24) is 4.90 Å². The first-order valence-electron chi connectivity index (χ1n) is 7.88. The molecule has 1 aromatic carbocycles. The van der Waals surface area contributed by atoms with E-state index >= 15 is 0 Å². The van der Waals surface area contributed by atoms with Gasteiger partial charge in [0.05, 0.1) is 12.6 Å². The highest BCUT2D eigenvalue weighted by Gasteiger charge is 2.28. The van der Waals surface area contributed by atoms with Gasteiger partial charge in [-0.3, -0.25) is 9.69 Å². The van der Waals surface area contributed by atoms with Gasteiger partial charge >= 0.3 is 0 Å². The van der Waals surface area contributed by atoms with Gasteiger partial charge < -0.3 is 15.8 Å². The molecule has 1 fully saturated rings. The zero-order valence-electron chi connectivity index (χ0n) is 14.2. The molecule has 1 aromatic rings. The maximum absolute atomic E-state index is 12.3. The third-order valence-corrected chi connectivity index (χ3v) is 4.62. The summed E-state index contributed by atoms with van der Waals surface area (Å²) in [6, 6.07) is 6.16. The first kappa shape index (κ1) is 19.9. The Kier molecular flexibility index (Phi) is 7.99. The average Bonchev–Trinajstić information content (AvgIpc) is 2.52. The topological polar surface area (TPSA) is 67.6 Å². The van der Waals surface area contributed by atoms with Gasteiger partial charge in [0.25, 0.3) is 0 Å². The number of carbonyl (C=O) groups is 1. The third kappa shape index (κ3) is 5.18.